The Balaban J connectivity index is -0.000000603. The normalized spacial score (nSPS) is 10.0. The van der Waals surface area contributed by atoms with E-state index in [1.807, 2.05) is 0 Å². The zero-order valence-electron chi connectivity index (χ0n) is 18.2. The second kappa shape index (κ2) is 29.8. The maximum Gasteiger partial charge on any atom is 0.291 e. The smallest absolute Gasteiger partial charge is 0.291 e. The summed E-state index contributed by atoms with van der Waals surface area (Å²) in [5.41, 5.74) is 4.78. The van der Waals surface area contributed by atoms with Crippen LogP contribution in [-0.2, 0) is 0 Å². The van der Waals surface area contributed by atoms with Gasteiger partial charge in [0, 0.05) is 6.54 Å². The van der Waals surface area contributed by atoms with Crippen LogP contribution in [0.1, 0.15) is 96.8 Å². The quantitative estimate of drug-likeness (QED) is 0.200. The van der Waals surface area contributed by atoms with Crippen LogP contribution in [0, 0.1) is 10.1 Å². The molecule has 166 valence electrons. The largest absolute Gasteiger partial charge is 0.395 e. The molecule has 0 aliphatic rings. The maximum atomic E-state index is 8.36. The summed E-state index contributed by atoms with van der Waals surface area (Å²) in [6, 6.07) is 0. The van der Waals surface area contributed by atoms with Crippen LogP contribution in [0.5, 0.6) is 0 Å². The van der Waals surface area contributed by atoms with Crippen molar-refractivity contribution in [1.82, 2.24) is 4.90 Å². The molecule has 0 bridgehead atoms. The Kier molecular flexibility index (Phi) is 34.0. The summed E-state index contributed by atoms with van der Waals surface area (Å²) >= 11 is 0. The maximum absolute atomic E-state index is 8.36. The first-order chi connectivity index (χ1) is 12.9. The van der Waals surface area contributed by atoms with Crippen molar-refractivity contribution >= 4 is 0 Å². The van der Waals surface area contributed by atoms with Crippen LogP contribution in [0.4, 0.5) is 0 Å². The molecule has 0 fully saturated rings. The standard InChI is InChI=1S/C18H39N.C2H7NO.HNO3/c1-4-5-6-7-8-9-10-11-12-13-14-15-16-17-18-19(2)3;3-1-2-4;2-1(3)4/h4-18H2,1-3H3;4H,1-3H2;(H,2,3,4). The molecule has 4 N–H and O–H groups in total. The zero-order chi connectivity index (χ0) is 21.2. The first kappa shape index (κ1) is 30.8. The molecule has 7 nitrogen and oxygen atoms in total. The summed E-state index contributed by atoms with van der Waals surface area (Å²) in [5, 5.41) is 21.4. The summed E-state index contributed by atoms with van der Waals surface area (Å²) in [6.07, 6.45) is 20.3. The number of nitrogens with two attached hydrogens (primary N) is 1. The molecule has 0 saturated heterocycles. The van der Waals surface area contributed by atoms with E-state index in [9.17, 15) is 0 Å². The first-order valence-electron chi connectivity index (χ1n) is 10.7. The van der Waals surface area contributed by atoms with E-state index in [4.69, 9.17) is 26.2 Å². The number of aliphatic hydroxyl groups is 1. The molecule has 0 aromatic carbocycles. The van der Waals surface area contributed by atoms with Crippen molar-refractivity contribution in [1.29, 1.82) is 0 Å². The van der Waals surface area contributed by atoms with E-state index < -0.39 is 5.09 Å². The van der Waals surface area contributed by atoms with Gasteiger partial charge in [-0.1, -0.05) is 90.4 Å². The summed E-state index contributed by atoms with van der Waals surface area (Å²) < 4.78 is 0. The number of unbranched alkanes of at least 4 members (excludes halogenated alkanes) is 13. The van der Waals surface area contributed by atoms with Gasteiger partial charge in [-0.2, -0.15) is 0 Å². The van der Waals surface area contributed by atoms with E-state index >= 15 is 0 Å². The highest BCUT2D eigenvalue weighted by atomic mass is 16.9. The molecule has 0 saturated carbocycles. The average molecular weight is 394 g/mol. The van der Waals surface area contributed by atoms with Gasteiger partial charge in [0.2, 0.25) is 0 Å². The second-order valence-corrected chi connectivity index (χ2v) is 7.15. The van der Waals surface area contributed by atoms with Gasteiger partial charge in [-0.15, -0.1) is 10.1 Å². The van der Waals surface area contributed by atoms with Crippen LogP contribution in [0.2, 0.25) is 0 Å². The van der Waals surface area contributed by atoms with Crippen molar-refractivity contribution in [2.24, 2.45) is 5.73 Å². The van der Waals surface area contributed by atoms with Crippen LogP contribution >= 0.6 is 0 Å². The summed E-state index contributed by atoms with van der Waals surface area (Å²) in [7, 11) is 4.34. The van der Waals surface area contributed by atoms with Gasteiger partial charge in [-0.05, 0) is 27.1 Å². The van der Waals surface area contributed by atoms with E-state index in [-0.39, 0.29) is 6.61 Å². The molecule has 0 aliphatic heterocycles. The van der Waals surface area contributed by atoms with E-state index in [1.54, 1.807) is 0 Å². The van der Waals surface area contributed by atoms with E-state index in [0.29, 0.717) is 6.54 Å². The van der Waals surface area contributed by atoms with Gasteiger partial charge < -0.3 is 20.9 Å². The molecule has 0 unspecified atom stereocenters. The highest BCUT2D eigenvalue weighted by Crippen LogP contribution is 2.12. The Hall–Kier alpha value is -0.920. The van der Waals surface area contributed by atoms with Crippen LogP contribution < -0.4 is 5.73 Å². The fourth-order valence-corrected chi connectivity index (χ4v) is 2.62. The molecule has 0 aromatic rings. The average Bonchev–Trinajstić information content (AvgIpc) is 2.61. The molecular weight excluding hydrogens is 346 g/mol. The highest BCUT2D eigenvalue weighted by molar-refractivity contribution is 4.50. The predicted molar refractivity (Wildman–Crippen MR) is 114 cm³/mol. The Bertz CT molecular complexity index is 262. The lowest BCUT2D eigenvalue weighted by Crippen LogP contribution is -2.12. The molecule has 7 heteroatoms. The summed E-state index contributed by atoms with van der Waals surface area (Å²) in [4.78, 5) is 10.7. The summed E-state index contributed by atoms with van der Waals surface area (Å²) in [5.74, 6) is 0. The van der Waals surface area contributed by atoms with Crippen molar-refractivity contribution in [2.75, 3.05) is 33.8 Å². The lowest BCUT2D eigenvalue weighted by Gasteiger charge is -2.08. The zero-order valence-corrected chi connectivity index (χ0v) is 18.2. The number of nitrogens with zero attached hydrogens (tertiary/aromatic N) is 2. The minimum atomic E-state index is -1.50. The Morgan fingerprint density at radius 3 is 1.30 bits per heavy atom. The van der Waals surface area contributed by atoms with Crippen molar-refractivity contribution in [2.45, 2.75) is 96.8 Å². The molecule has 0 rings (SSSR count). The fraction of sp³-hybridized carbons (Fsp3) is 1.00. The topological polar surface area (TPSA) is 113 Å². The molecule has 27 heavy (non-hydrogen) atoms. The van der Waals surface area contributed by atoms with Crippen LogP contribution in [0.3, 0.4) is 0 Å². The summed E-state index contributed by atoms with van der Waals surface area (Å²) in [6.45, 7) is 4.03. The fourth-order valence-electron chi connectivity index (χ4n) is 2.62. The van der Waals surface area contributed by atoms with Gasteiger partial charge in [0.05, 0.1) is 6.61 Å². The van der Waals surface area contributed by atoms with Crippen molar-refractivity contribution < 1.29 is 15.4 Å². The van der Waals surface area contributed by atoms with Gasteiger partial charge in [0.1, 0.15) is 0 Å². The van der Waals surface area contributed by atoms with Crippen molar-refractivity contribution in [3.8, 4) is 0 Å². The van der Waals surface area contributed by atoms with Crippen molar-refractivity contribution in [3.63, 3.8) is 0 Å². The van der Waals surface area contributed by atoms with Gasteiger partial charge >= 0.3 is 0 Å². The first-order valence-corrected chi connectivity index (χ1v) is 10.7. The van der Waals surface area contributed by atoms with Gasteiger partial charge in [-0.3, -0.25) is 0 Å². The number of hydrogen-bond donors (Lipinski definition) is 3. The van der Waals surface area contributed by atoms with Crippen LogP contribution in [-0.4, -0.2) is 54.1 Å². The molecule has 0 spiro atoms. The van der Waals surface area contributed by atoms with Gasteiger partial charge in [0.15, 0.2) is 0 Å². The molecule has 0 aromatic heterocycles. The molecular formula is C20H47N3O4. The number of rotatable bonds is 16. The van der Waals surface area contributed by atoms with E-state index in [1.165, 1.54) is 96.4 Å². The monoisotopic (exact) mass is 393 g/mol. The third-order valence-corrected chi connectivity index (χ3v) is 4.09. The molecule has 0 heterocycles. The molecule has 0 atom stereocenters. The number of aliphatic hydroxyl groups excluding tert-OH is 1. The number of hydrogen-bond acceptors (Lipinski definition) is 5. The minimum Gasteiger partial charge on any atom is -0.395 e. The minimum absolute atomic E-state index is 0.0972. The molecule has 0 aliphatic carbocycles. The highest BCUT2D eigenvalue weighted by Gasteiger charge is 1.94. The van der Waals surface area contributed by atoms with Gasteiger partial charge in [0.25, 0.3) is 5.09 Å². The lowest BCUT2D eigenvalue weighted by molar-refractivity contribution is -0.742. The van der Waals surface area contributed by atoms with Gasteiger partial charge in [-0.25, -0.2) is 0 Å². The molecule has 0 radical (unpaired) electrons. The Labute approximate surface area is 167 Å². The van der Waals surface area contributed by atoms with E-state index in [0.717, 1.165) is 0 Å². The van der Waals surface area contributed by atoms with Crippen molar-refractivity contribution in [3.05, 3.63) is 10.1 Å². The van der Waals surface area contributed by atoms with Crippen LogP contribution in [0.25, 0.3) is 0 Å². The SMILES string of the molecule is CCCCCCCCCCCCCCCCN(C)C.NCCO.O=[N+]([O-])O. The second-order valence-electron chi connectivity index (χ2n) is 7.15. The third-order valence-electron chi connectivity index (χ3n) is 4.09. The lowest BCUT2D eigenvalue weighted by atomic mass is 10.0. The molecule has 0 amide bonds. The Morgan fingerprint density at radius 2 is 1.07 bits per heavy atom. The third kappa shape index (κ3) is 51.7. The van der Waals surface area contributed by atoms with E-state index in [2.05, 4.69) is 25.9 Å². The Morgan fingerprint density at radius 1 is 0.815 bits per heavy atom. The van der Waals surface area contributed by atoms with Crippen LogP contribution in [0.15, 0.2) is 0 Å². The predicted octanol–water partition coefficient (Wildman–Crippen LogP) is 4.62.